The molecule has 1 N–H and O–H groups in total. The summed E-state index contributed by atoms with van der Waals surface area (Å²) in [5.41, 5.74) is 1.96. The van der Waals surface area contributed by atoms with Gasteiger partial charge in [-0.3, -0.25) is 23.7 Å². The van der Waals surface area contributed by atoms with Crippen molar-refractivity contribution in [1.82, 2.24) is 4.57 Å². The summed E-state index contributed by atoms with van der Waals surface area (Å²) >= 11 is 2.23. The van der Waals surface area contributed by atoms with Crippen LogP contribution < -0.4 is 19.8 Å². The van der Waals surface area contributed by atoms with E-state index in [-0.39, 0.29) is 29.1 Å². The highest BCUT2D eigenvalue weighted by Gasteiger charge is 2.56. The molecular weight excluding hydrogens is 583 g/mol. The number of rotatable bonds is 6. The number of anilines is 2. The van der Waals surface area contributed by atoms with Crippen LogP contribution >= 0.6 is 23.1 Å². The number of nitrogens with zero attached hydrogens (tertiary/aromatic N) is 2. The lowest BCUT2D eigenvalue weighted by Crippen LogP contribution is -2.33. The molecule has 3 atom stereocenters. The number of hydrogen-bond donors (Lipinski definition) is 1. The van der Waals surface area contributed by atoms with Crippen molar-refractivity contribution in [3.63, 3.8) is 0 Å². The van der Waals surface area contributed by atoms with Crippen molar-refractivity contribution in [2.75, 3.05) is 17.3 Å². The number of carbonyl (C=O) groups is 3. The molecule has 43 heavy (non-hydrogen) atoms. The zero-order chi connectivity index (χ0) is 29.7. The highest BCUT2D eigenvalue weighted by Crippen LogP contribution is 2.53. The number of hydrogen-bond acceptors (Lipinski definition) is 7. The van der Waals surface area contributed by atoms with Gasteiger partial charge in [-0.2, -0.15) is 0 Å². The average Bonchev–Trinajstić information content (AvgIpc) is 3.47. The number of ether oxygens (including phenoxy) is 1. The SMILES string of the molecule is COc1ccc(N2C(=O)[C@H]3[C@H](c4ccccc4)c4sc(=O)n(CC(=O)Nc5cccc6ccccc56)c4S[C@H]3C2=O)cc1. The Hall–Kier alpha value is -4.67. The minimum Gasteiger partial charge on any atom is -0.497 e. The number of benzene rings is 4. The van der Waals surface area contributed by atoms with Gasteiger partial charge in [0.05, 0.1) is 23.7 Å². The van der Waals surface area contributed by atoms with Crippen LogP contribution in [0, 0.1) is 5.92 Å². The molecule has 0 aliphatic carbocycles. The number of imide groups is 1. The first kappa shape index (κ1) is 27.2. The molecule has 5 aromatic rings. The summed E-state index contributed by atoms with van der Waals surface area (Å²) in [6.07, 6.45) is 0. The van der Waals surface area contributed by atoms with Crippen molar-refractivity contribution < 1.29 is 19.1 Å². The minimum atomic E-state index is -0.756. The van der Waals surface area contributed by atoms with Crippen molar-refractivity contribution in [2.24, 2.45) is 5.92 Å². The molecule has 1 fully saturated rings. The Bertz CT molecular complexity index is 1950. The molecule has 0 unspecified atom stereocenters. The van der Waals surface area contributed by atoms with E-state index in [0.717, 1.165) is 27.7 Å². The topological polar surface area (TPSA) is 97.7 Å². The van der Waals surface area contributed by atoms with Crippen LogP contribution in [0.2, 0.25) is 0 Å². The molecule has 1 saturated heterocycles. The van der Waals surface area contributed by atoms with E-state index in [1.807, 2.05) is 72.8 Å². The standard InChI is InChI=1S/C33H25N3O5S2/c1-41-22-16-14-21(15-17-22)36-30(38)27-26(20-9-3-2-4-10-20)29-32(42-28(27)31(36)39)35(33(40)43-29)18-25(37)34-24-13-7-11-19-8-5-6-12-23(19)24/h2-17,26-28H,18H2,1H3,(H,34,37)/t26-,27-,28+/m0/s1. The lowest BCUT2D eigenvalue weighted by Gasteiger charge is -2.30. The maximum absolute atomic E-state index is 14.0. The molecule has 2 aliphatic rings. The van der Waals surface area contributed by atoms with Gasteiger partial charge in [0.2, 0.25) is 17.7 Å². The van der Waals surface area contributed by atoms with Crippen LogP contribution in [0.4, 0.5) is 11.4 Å². The molecule has 7 rings (SSSR count). The monoisotopic (exact) mass is 607 g/mol. The largest absolute Gasteiger partial charge is 0.497 e. The van der Waals surface area contributed by atoms with Crippen LogP contribution in [0.15, 0.2) is 107 Å². The minimum absolute atomic E-state index is 0.218. The lowest BCUT2D eigenvalue weighted by molar-refractivity contribution is -0.122. The summed E-state index contributed by atoms with van der Waals surface area (Å²) in [5, 5.41) is 4.64. The quantitative estimate of drug-likeness (QED) is 0.256. The van der Waals surface area contributed by atoms with Gasteiger partial charge in [0, 0.05) is 21.9 Å². The number of nitrogens with one attached hydrogen (secondary N) is 1. The van der Waals surface area contributed by atoms with E-state index in [1.165, 1.54) is 21.2 Å². The van der Waals surface area contributed by atoms with Crippen molar-refractivity contribution in [2.45, 2.75) is 22.7 Å². The molecule has 0 saturated carbocycles. The third kappa shape index (κ3) is 4.63. The first-order chi connectivity index (χ1) is 20.9. The molecule has 2 aliphatic heterocycles. The van der Waals surface area contributed by atoms with Crippen LogP contribution in [-0.2, 0) is 20.9 Å². The molecule has 3 amide bonds. The second kappa shape index (κ2) is 10.9. The first-order valence-electron chi connectivity index (χ1n) is 13.7. The van der Waals surface area contributed by atoms with Gasteiger partial charge < -0.3 is 10.1 Å². The van der Waals surface area contributed by atoms with Gasteiger partial charge in [0.25, 0.3) is 0 Å². The number of carbonyl (C=O) groups excluding carboxylic acids is 3. The highest BCUT2D eigenvalue weighted by molar-refractivity contribution is 8.00. The third-order valence-corrected chi connectivity index (χ3v) is 10.5. The first-order valence-corrected chi connectivity index (χ1v) is 15.4. The zero-order valence-electron chi connectivity index (χ0n) is 22.9. The number of amides is 3. The van der Waals surface area contributed by atoms with Gasteiger partial charge >= 0.3 is 4.87 Å². The van der Waals surface area contributed by atoms with Crippen LogP contribution in [0.1, 0.15) is 16.4 Å². The molecule has 3 heterocycles. The zero-order valence-corrected chi connectivity index (χ0v) is 24.6. The number of thiazole rings is 1. The molecule has 4 aromatic carbocycles. The summed E-state index contributed by atoms with van der Waals surface area (Å²) in [6.45, 7) is -0.218. The van der Waals surface area contributed by atoms with Crippen molar-refractivity contribution >= 4 is 63.0 Å². The third-order valence-electron chi connectivity index (χ3n) is 7.90. The van der Waals surface area contributed by atoms with E-state index in [1.54, 1.807) is 31.4 Å². The molecule has 214 valence electrons. The van der Waals surface area contributed by atoms with Gasteiger partial charge in [-0.1, -0.05) is 89.8 Å². The molecule has 0 spiro atoms. The predicted octanol–water partition coefficient (Wildman–Crippen LogP) is 5.51. The van der Waals surface area contributed by atoms with Gasteiger partial charge in [0.15, 0.2) is 0 Å². The van der Waals surface area contributed by atoms with Gasteiger partial charge in [-0.05, 0) is 41.3 Å². The number of fused-ring (bicyclic) bond motifs is 3. The Morgan fingerprint density at radius 3 is 2.35 bits per heavy atom. The second-order valence-corrected chi connectivity index (χ2v) is 12.5. The Morgan fingerprint density at radius 1 is 0.860 bits per heavy atom. The molecule has 0 radical (unpaired) electrons. The lowest BCUT2D eigenvalue weighted by atomic mass is 9.83. The summed E-state index contributed by atoms with van der Waals surface area (Å²) < 4.78 is 6.68. The Labute approximate surface area is 254 Å². The maximum Gasteiger partial charge on any atom is 0.308 e. The van der Waals surface area contributed by atoms with E-state index in [0.29, 0.717) is 27.0 Å². The summed E-state index contributed by atoms with van der Waals surface area (Å²) in [4.78, 5) is 56.2. The van der Waals surface area contributed by atoms with Gasteiger partial charge in [0.1, 0.15) is 17.5 Å². The number of methoxy groups -OCH3 is 1. The highest BCUT2D eigenvalue weighted by atomic mass is 32.2. The average molecular weight is 608 g/mol. The van der Waals surface area contributed by atoms with Crippen LogP contribution in [0.3, 0.4) is 0 Å². The van der Waals surface area contributed by atoms with Crippen molar-refractivity contribution in [3.8, 4) is 5.75 Å². The van der Waals surface area contributed by atoms with Crippen LogP contribution in [0.25, 0.3) is 10.8 Å². The van der Waals surface area contributed by atoms with Gasteiger partial charge in [-0.15, -0.1) is 0 Å². The Balaban J connectivity index is 1.26. The summed E-state index contributed by atoms with van der Waals surface area (Å²) in [6, 6.07) is 29.7. The van der Waals surface area contributed by atoms with Crippen molar-refractivity contribution in [3.05, 3.63) is 117 Å². The van der Waals surface area contributed by atoms with E-state index < -0.39 is 17.1 Å². The predicted molar refractivity (Wildman–Crippen MR) is 168 cm³/mol. The molecule has 10 heteroatoms. The molecule has 8 nitrogen and oxygen atoms in total. The van der Waals surface area contributed by atoms with Crippen LogP contribution in [0.5, 0.6) is 5.75 Å². The van der Waals surface area contributed by atoms with E-state index in [9.17, 15) is 19.2 Å². The Kier molecular flexibility index (Phi) is 6.87. The summed E-state index contributed by atoms with van der Waals surface area (Å²) in [7, 11) is 1.55. The molecule has 0 bridgehead atoms. The smallest absolute Gasteiger partial charge is 0.308 e. The molecular formula is C33H25N3O5S2. The second-order valence-electron chi connectivity index (χ2n) is 10.4. The number of thioether (sulfide) groups is 1. The summed E-state index contributed by atoms with van der Waals surface area (Å²) in [5.74, 6) is -1.61. The Morgan fingerprint density at radius 2 is 1.58 bits per heavy atom. The van der Waals surface area contributed by atoms with Gasteiger partial charge in [-0.25, -0.2) is 4.90 Å². The van der Waals surface area contributed by atoms with Crippen LogP contribution in [-0.4, -0.2) is 34.6 Å². The normalized spacial score (nSPS) is 19.3. The van der Waals surface area contributed by atoms with E-state index >= 15 is 0 Å². The fraction of sp³-hybridized carbons (Fsp3) is 0.152. The molecule has 1 aromatic heterocycles. The van der Waals surface area contributed by atoms with Crippen molar-refractivity contribution in [1.29, 1.82) is 0 Å². The fourth-order valence-electron chi connectivity index (χ4n) is 5.93. The number of aromatic nitrogens is 1. The maximum atomic E-state index is 14.0. The van der Waals surface area contributed by atoms with E-state index in [4.69, 9.17) is 4.74 Å². The van der Waals surface area contributed by atoms with E-state index in [2.05, 4.69) is 5.32 Å². The fourth-order valence-corrected chi connectivity index (χ4v) is 8.70.